The third kappa shape index (κ3) is 9.90. The number of aromatic nitrogens is 4. The van der Waals surface area contributed by atoms with E-state index in [4.69, 9.17) is 5.73 Å². The zero-order chi connectivity index (χ0) is 21.3. The maximum Gasteiger partial charge on any atom is 0.165 e. The summed E-state index contributed by atoms with van der Waals surface area (Å²) in [7, 11) is 0. The molecule has 0 aromatic carbocycles. The fourth-order valence-electron chi connectivity index (χ4n) is 4.25. The second kappa shape index (κ2) is 16.1. The van der Waals surface area contributed by atoms with E-state index in [0.717, 1.165) is 17.7 Å². The predicted octanol–water partition coefficient (Wildman–Crippen LogP) is 7.45. The molecule has 0 aliphatic heterocycles. The fraction of sp³-hybridized carbons (Fsp3) is 0.800. The van der Waals surface area contributed by atoms with Gasteiger partial charge in [-0.05, 0) is 6.42 Å². The summed E-state index contributed by atoms with van der Waals surface area (Å²) in [5.74, 6) is 0.469. The largest absolute Gasteiger partial charge is 0.382 e. The normalized spacial score (nSPS) is 11.5. The molecule has 2 aromatic rings. The Kier molecular flexibility index (Phi) is 13.2. The number of nitrogens with two attached hydrogens (primary N) is 1. The van der Waals surface area contributed by atoms with Crippen LogP contribution in [0.4, 0.5) is 5.82 Å². The lowest BCUT2D eigenvalue weighted by molar-refractivity contribution is 0.519. The number of nitrogen functional groups attached to an aromatic ring is 1. The monoisotopic (exact) mass is 415 g/mol. The van der Waals surface area contributed by atoms with Crippen LogP contribution in [0.3, 0.4) is 0 Å². The molecule has 0 radical (unpaired) electrons. The van der Waals surface area contributed by atoms with Gasteiger partial charge in [0.1, 0.15) is 11.8 Å². The molecule has 0 fully saturated rings. The molecule has 170 valence electrons. The van der Waals surface area contributed by atoms with E-state index < -0.39 is 0 Å². The first kappa shape index (κ1) is 24.6. The number of anilines is 1. The molecule has 5 nitrogen and oxygen atoms in total. The standard InChI is InChI=1S/C25H45N5/c1-2-3-4-5-6-7-8-9-10-11-12-13-14-15-16-17-18-19-20-30-22-29-23-24(26)27-21-28-25(23)30/h21-22H,2-20H2,1H3,(H2,26,27,28). The molecule has 2 heterocycles. The number of rotatable bonds is 19. The molecule has 0 saturated carbocycles. The molecule has 0 spiro atoms. The van der Waals surface area contributed by atoms with Crippen molar-refractivity contribution < 1.29 is 0 Å². The molecule has 5 heteroatoms. The van der Waals surface area contributed by atoms with Crippen LogP contribution in [0.5, 0.6) is 0 Å². The fourth-order valence-corrected chi connectivity index (χ4v) is 4.25. The second-order valence-electron chi connectivity index (χ2n) is 8.88. The van der Waals surface area contributed by atoms with Gasteiger partial charge in [-0.1, -0.05) is 116 Å². The van der Waals surface area contributed by atoms with Crippen molar-refractivity contribution in [2.75, 3.05) is 5.73 Å². The van der Waals surface area contributed by atoms with E-state index in [0.29, 0.717) is 5.82 Å². The van der Waals surface area contributed by atoms with Gasteiger partial charge in [-0.3, -0.25) is 0 Å². The van der Waals surface area contributed by atoms with Crippen LogP contribution in [0.2, 0.25) is 0 Å². The van der Waals surface area contributed by atoms with Crippen molar-refractivity contribution in [2.24, 2.45) is 0 Å². The quantitative estimate of drug-likeness (QED) is 0.242. The average molecular weight is 416 g/mol. The van der Waals surface area contributed by atoms with Gasteiger partial charge < -0.3 is 10.3 Å². The minimum absolute atomic E-state index is 0.469. The molecule has 0 saturated heterocycles. The minimum atomic E-state index is 0.469. The molecule has 2 aromatic heterocycles. The smallest absolute Gasteiger partial charge is 0.165 e. The Morgan fingerprint density at radius 2 is 1.10 bits per heavy atom. The van der Waals surface area contributed by atoms with Gasteiger partial charge in [0.25, 0.3) is 0 Å². The SMILES string of the molecule is CCCCCCCCCCCCCCCCCCCCn1cnc2c(N)ncnc21. The molecule has 30 heavy (non-hydrogen) atoms. The number of imidazole rings is 1. The number of unbranched alkanes of at least 4 members (excludes halogenated alkanes) is 17. The van der Waals surface area contributed by atoms with E-state index in [1.54, 1.807) is 0 Å². The Morgan fingerprint density at radius 1 is 0.633 bits per heavy atom. The van der Waals surface area contributed by atoms with Crippen molar-refractivity contribution in [1.29, 1.82) is 0 Å². The van der Waals surface area contributed by atoms with Crippen LogP contribution in [0, 0.1) is 0 Å². The lowest BCUT2D eigenvalue weighted by Gasteiger charge is -2.05. The van der Waals surface area contributed by atoms with Crippen molar-refractivity contribution in [3.05, 3.63) is 12.7 Å². The summed E-state index contributed by atoms with van der Waals surface area (Å²) in [6.07, 6.45) is 28.6. The molecule has 0 amide bonds. The van der Waals surface area contributed by atoms with E-state index >= 15 is 0 Å². The maximum absolute atomic E-state index is 5.84. The number of aryl methyl sites for hydroxylation is 1. The summed E-state index contributed by atoms with van der Waals surface area (Å²) >= 11 is 0. The zero-order valence-electron chi connectivity index (χ0n) is 19.5. The van der Waals surface area contributed by atoms with Gasteiger partial charge in [0.2, 0.25) is 0 Å². The lowest BCUT2D eigenvalue weighted by atomic mass is 10.0. The summed E-state index contributed by atoms with van der Waals surface area (Å²) < 4.78 is 2.10. The van der Waals surface area contributed by atoms with E-state index in [9.17, 15) is 0 Å². The number of hydrogen-bond donors (Lipinski definition) is 1. The van der Waals surface area contributed by atoms with Crippen LogP contribution in [0.25, 0.3) is 11.2 Å². The van der Waals surface area contributed by atoms with E-state index in [-0.39, 0.29) is 0 Å². The highest BCUT2D eigenvalue weighted by molar-refractivity contribution is 5.80. The van der Waals surface area contributed by atoms with Gasteiger partial charge in [0.15, 0.2) is 11.5 Å². The zero-order valence-corrected chi connectivity index (χ0v) is 19.5. The first-order chi connectivity index (χ1) is 14.8. The van der Waals surface area contributed by atoms with Crippen LogP contribution in [-0.2, 0) is 6.54 Å². The molecule has 2 N–H and O–H groups in total. The molecular weight excluding hydrogens is 370 g/mol. The molecule has 0 atom stereocenters. The van der Waals surface area contributed by atoms with Crippen LogP contribution >= 0.6 is 0 Å². The lowest BCUT2D eigenvalue weighted by Crippen LogP contribution is -1.99. The van der Waals surface area contributed by atoms with Crippen molar-refractivity contribution >= 4 is 17.0 Å². The Morgan fingerprint density at radius 3 is 1.60 bits per heavy atom. The molecule has 0 unspecified atom stereocenters. The third-order valence-electron chi connectivity index (χ3n) is 6.18. The minimum Gasteiger partial charge on any atom is -0.382 e. The highest BCUT2D eigenvalue weighted by atomic mass is 15.1. The van der Waals surface area contributed by atoms with E-state index in [1.807, 2.05) is 6.33 Å². The Labute approximate surface area is 184 Å². The summed E-state index contributed by atoms with van der Waals surface area (Å²) in [6.45, 7) is 3.26. The summed E-state index contributed by atoms with van der Waals surface area (Å²) in [5.41, 5.74) is 7.42. The number of hydrogen-bond acceptors (Lipinski definition) is 4. The first-order valence-corrected chi connectivity index (χ1v) is 12.7. The van der Waals surface area contributed by atoms with Crippen LogP contribution < -0.4 is 5.73 Å². The Hall–Kier alpha value is -1.65. The van der Waals surface area contributed by atoms with Gasteiger partial charge in [0.05, 0.1) is 6.33 Å². The van der Waals surface area contributed by atoms with Crippen molar-refractivity contribution in [2.45, 2.75) is 129 Å². The highest BCUT2D eigenvalue weighted by Crippen LogP contribution is 2.16. The second-order valence-corrected chi connectivity index (χ2v) is 8.88. The molecular formula is C25H45N5. The Balaban J connectivity index is 1.33. The number of fused-ring (bicyclic) bond motifs is 1. The number of nitrogens with zero attached hydrogens (tertiary/aromatic N) is 4. The van der Waals surface area contributed by atoms with Gasteiger partial charge >= 0.3 is 0 Å². The first-order valence-electron chi connectivity index (χ1n) is 12.7. The molecule has 0 aliphatic rings. The van der Waals surface area contributed by atoms with Gasteiger partial charge in [0, 0.05) is 6.54 Å². The van der Waals surface area contributed by atoms with Gasteiger partial charge in [-0.15, -0.1) is 0 Å². The van der Waals surface area contributed by atoms with Crippen LogP contribution in [0.1, 0.15) is 122 Å². The van der Waals surface area contributed by atoms with Crippen molar-refractivity contribution in [1.82, 2.24) is 19.5 Å². The average Bonchev–Trinajstić information content (AvgIpc) is 3.17. The topological polar surface area (TPSA) is 69.6 Å². The Bertz CT molecular complexity index is 667. The van der Waals surface area contributed by atoms with E-state index in [1.165, 1.54) is 122 Å². The maximum atomic E-state index is 5.84. The van der Waals surface area contributed by atoms with Crippen LogP contribution in [0.15, 0.2) is 12.7 Å². The van der Waals surface area contributed by atoms with Gasteiger partial charge in [-0.2, -0.15) is 0 Å². The van der Waals surface area contributed by atoms with Gasteiger partial charge in [-0.25, -0.2) is 15.0 Å². The molecule has 0 bridgehead atoms. The van der Waals surface area contributed by atoms with Crippen LogP contribution in [-0.4, -0.2) is 19.5 Å². The summed E-state index contributed by atoms with van der Waals surface area (Å²) in [4.78, 5) is 12.6. The summed E-state index contributed by atoms with van der Waals surface area (Å²) in [6, 6.07) is 0. The van der Waals surface area contributed by atoms with Crippen molar-refractivity contribution in [3.63, 3.8) is 0 Å². The van der Waals surface area contributed by atoms with Crippen molar-refractivity contribution in [3.8, 4) is 0 Å². The molecule has 2 rings (SSSR count). The third-order valence-corrected chi connectivity index (χ3v) is 6.18. The highest BCUT2D eigenvalue weighted by Gasteiger charge is 2.06. The predicted molar refractivity (Wildman–Crippen MR) is 129 cm³/mol. The van der Waals surface area contributed by atoms with E-state index in [2.05, 4.69) is 26.4 Å². The molecule has 0 aliphatic carbocycles. The summed E-state index contributed by atoms with van der Waals surface area (Å²) in [5, 5.41) is 0.